The highest BCUT2D eigenvalue weighted by Crippen LogP contribution is 2.17. The van der Waals surface area contributed by atoms with E-state index in [0.29, 0.717) is 12.8 Å². The lowest BCUT2D eigenvalue weighted by Crippen LogP contribution is -2.50. The van der Waals surface area contributed by atoms with Gasteiger partial charge >= 0.3 is 12.2 Å². The minimum Gasteiger partial charge on any atom is -0.465 e. The Kier molecular flexibility index (Phi) is 10.6. The van der Waals surface area contributed by atoms with Crippen LogP contribution >= 0.6 is 23.6 Å². The van der Waals surface area contributed by atoms with E-state index in [9.17, 15) is 9.59 Å². The molecule has 3 atom stereocenters. The first-order valence-electron chi connectivity index (χ1n) is 12.1. The van der Waals surface area contributed by atoms with E-state index >= 15 is 0 Å². The molecule has 3 rings (SSSR count). The number of ether oxygens (including phenoxy) is 3. The van der Waals surface area contributed by atoms with Crippen molar-refractivity contribution in [3.05, 3.63) is 71.2 Å². The predicted molar refractivity (Wildman–Crippen MR) is 148 cm³/mol. The van der Waals surface area contributed by atoms with E-state index in [0.717, 1.165) is 10.4 Å². The summed E-state index contributed by atoms with van der Waals surface area (Å²) < 4.78 is 18.6. The minimum atomic E-state index is -0.637. The third kappa shape index (κ3) is 10.1. The lowest BCUT2D eigenvalue weighted by molar-refractivity contribution is 0.0478. The number of aromatic nitrogens is 3. The minimum absolute atomic E-state index is 0.101. The van der Waals surface area contributed by atoms with Crippen molar-refractivity contribution in [1.29, 1.82) is 0 Å². The molecule has 0 fully saturated rings. The lowest BCUT2D eigenvalue weighted by atomic mass is 9.97. The Morgan fingerprint density at radius 2 is 1.89 bits per heavy atom. The Balaban J connectivity index is 1.79. The molecule has 0 aliphatic rings. The van der Waals surface area contributed by atoms with Gasteiger partial charge in [0.05, 0.1) is 16.4 Å². The zero-order valence-corrected chi connectivity index (χ0v) is 23.5. The van der Waals surface area contributed by atoms with Gasteiger partial charge in [-0.1, -0.05) is 30.3 Å². The molecule has 0 saturated heterocycles. The molecule has 1 aromatic carbocycles. The second-order valence-electron chi connectivity index (χ2n) is 9.66. The molecule has 10 nitrogen and oxygen atoms in total. The zero-order chi connectivity index (χ0) is 27.5. The second kappa shape index (κ2) is 13.9. The average Bonchev–Trinajstić information content (AvgIpc) is 3.56. The highest BCUT2D eigenvalue weighted by Gasteiger charge is 2.30. The van der Waals surface area contributed by atoms with Crippen molar-refractivity contribution in [2.75, 3.05) is 0 Å². The number of carbonyl (C=O) groups excluding carboxylic acids is 2. The van der Waals surface area contributed by atoms with E-state index < -0.39 is 29.9 Å². The number of thiazole rings is 1. The fourth-order valence-corrected chi connectivity index (χ4v) is 4.29. The number of nitrogens with zero attached hydrogens (tertiary/aromatic N) is 3. The molecule has 0 bridgehead atoms. The lowest BCUT2D eigenvalue weighted by Gasteiger charge is -2.31. The van der Waals surface area contributed by atoms with Crippen molar-refractivity contribution >= 4 is 40.9 Å². The van der Waals surface area contributed by atoms with Crippen LogP contribution in [0.15, 0.2) is 60.8 Å². The summed E-state index contributed by atoms with van der Waals surface area (Å²) in [7, 11) is 0. The number of carbonyl (C=O) groups is 2. The van der Waals surface area contributed by atoms with E-state index in [4.69, 9.17) is 26.4 Å². The van der Waals surface area contributed by atoms with Gasteiger partial charge < -0.3 is 24.8 Å². The monoisotopic (exact) mass is 559 g/mol. The fraction of sp³-hybridized carbons (Fsp3) is 0.423. The van der Waals surface area contributed by atoms with E-state index in [2.05, 4.69) is 20.6 Å². The number of imidazole rings is 1. The van der Waals surface area contributed by atoms with Crippen LogP contribution in [0.4, 0.5) is 9.59 Å². The topological polar surface area (TPSA) is 117 Å². The van der Waals surface area contributed by atoms with E-state index in [1.807, 2.05) is 37.3 Å². The summed E-state index contributed by atoms with van der Waals surface area (Å²) >= 11 is 6.90. The molecule has 0 spiro atoms. The molecule has 0 radical (unpaired) electrons. The maximum absolute atomic E-state index is 12.8. The summed E-state index contributed by atoms with van der Waals surface area (Å²) in [5.41, 5.74) is 2.02. The van der Waals surface area contributed by atoms with Crippen molar-refractivity contribution in [3.63, 3.8) is 0 Å². The number of benzene rings is 1. The van der Waals surface area contributed by atoms with Crippen LogP contribution in [0.3, 0.4) is 0 Å². The summed E-state index contributed by atoms with van der Waals surface area (Å²) in [6, 6.07) is 8.78. The van der Waals surface area contributed by atoms with E-state index in [1.54, 1.807) is 49.4 Å². The second-order valence-corrected chi connectivity index (χ2v) is 11.0. The van der Waals surface area contributed by atoms with Crippen LogP contribution in [-0.4, -0.2) is 55.7 Å². The summed E-state index contributed by atoms with van der Waals surface area (Å²) in [4.78, 5) is 34.1. The molecule has 38 heavy (non-hydrogen) atoms. The largest absolute Gasteiger partial charge is 0.465 e. The first kappa shape index (κ1) is 29.1. The molecule has 12 heteroatoms. The molecule has 2 N–H and O–H groups in total. The van der Waals surface area contributed by atoms with Crippen molar-refractivity contribution in [2.24, 2.45) is 0 Å². The number of alkyl carbamates (subject to hydrolysis) is 2. The Morgan fingerprint density at radius 1 is 1.13 bits per heavy atom. The SMILES string of the molecule is CC(CC(OC(=S)n1ccnc1)C(Cc1ccccc1)NC(=O)OCc1cncs1)NC(=O)OC(C)(C)C. The molecule has 204 valence electrons. The van der Waals surface area contributed by atoms with Gasteiger partial charge in [-0.3, -0.25) is 9.55 Å². The summed E-state index contributed by atoms with van der Waals surface area (Å²) in [6.07, 6.45) is 5.42. The maximum atomic E-state index is 12.8. The molecule has 0 aliphatic heterocycles. The van der Waals surface area contributed by atoms with Crippen LogP contribution in [0.25, 0.3) is 0 Å². The van der Waals surface area contributed by atoms with Crippen molar-refractivity contribution in [1.82, 2.24) is 25.2 Å². The smallest absolute Gasteiger partial charge is 0.407 e. The van der Waals surface area contributed by atoms with Crippen molar-refractivity contribution in [2.45, 2.75) is 70.9 Å². The first-order chi connectivity index (χ1) is 18.1. The molecule has 2 heterocycles. The van der Waals surface area contributed by atoms with Gasteiger partial charge in [0.25, 0.3) is 5.17 Å². The van der Waals surface area contributed by atoms with Crippen molar-refractivity contribution < 1.29 is 23.8 Å². The number of hydrogen-bond acceptors (Lipinski definition) is 9. The predicted octanol–water partition coefficient (Wildman–Crippen LogP) is 4.70. The zero-order valence-electron chi connectivity index (χ0n) is 21.8. The molecule has 2 amide bonds. The van der Waals surface area contributed by atoms with Crippen LogP contribution in [0, 0.1) is 0 Å². The van der Waals surface area contributed by atoms with Gasteiger partial charge in [0.15, 0.2) is 0 Å². The molecule has 3 aromatic rings. The Hall–Kier alpha value is -3.51. The summed E-state index contributed by atoms with van der Waals surface area (Å²) in [5, 5.41) is 5.94. The van der Waals surface area contributed by atoms with Crippen LogP contribution in [0.5, 0.6) is 0 Å². The Bertz CT molecular complexity index is 1150. The first-order valence-corrected chi connectivity index (χ1v) is 13.4. The summed E-state index contributed by atoms with van der Waals surface area (Å²) in [6.45, 7) is 7.32. The highest BCUT2D eigenvalue weighted by molar-refractivity contribution is 7.80. The summed E-state index contributed by atoms with van der Waals surface area (Å²) in [5.74, 6) is 0. The third-order valence-corrected chi connectivity index (χ3v) is 6.26. The van der Waals surface area contributed by atoms with Gasteiger partial charge in [0, 0.05) is 31.1 Å². The highest BCUT2D eigenvalue weighted by atomic mass is 32.1. The molecular formula is C26H33N5O5S2. The number of amides is 2. The maximum Gasteiger partial charge on any atom is 0.407 e. The van der Waals surface area contributed by atoms with Gasteiger partial charge in [0.1, 0.15) is 24.6 Å². The fourth-order valence-electron chi connectivity index (χ4n) is 3.55. The van der Waals surface area contributed by atoms with Gasteiger partial charge in [0.2, 0.25) is 0 Å². The molecule has 3 unspecified atom stereocenters. The Morgan fingerprint density at radius 3 is 2.53 bits per heavy atom. The normalized spacial score (nSPS) is 13.6. The van der Waals surface area contributed by atoms with Gasteiger partial charge in [-0.05, 0) is 51.9 Å². The molecule has 0 aliphatic carbocycles. The molecular weight excluding hydrogens is 526 g/mol. The van der Waals surface area contributed by atoms with Gasteiger partial charge in [-0.25, -0.2) is 14.6 Å². The standard InChI is InChI=1S/C26H33N5O5S2/c1-18(29-24(33)36-26(2,3)4)12-22(35-25(37)31-11-10-27-16-31)21(13-19-8-6-5-7-9-19)30-23(32)34-15-20-14-28-17-38-20/h5-11,14,16-18,21-22H,12-13,15H2,1-4H3,(H,29,33)(H,30,32). The number of nitrogens with one attached hydrogen (secondary N) is 2. The van der Waals surface area contributed by atoms with E-state index in [-0.39, 0.29) is 17.8 Å². The molecule has 2 aromatic heterocycles. The Labute approximate surface area is 231 Å². The van der Waals surface area contributed by atoms with Gasteiger partial charge in [-0.2, -0.15) is 0 Å². The molecule has 0 saturated carbocycles. The quantitative estimate of drug-likeness (QED) is 0.344. The van der Waals surface area contributed by atoms with Crippen LogP contribution in [0.2, 0.25) is 0 Å². The number of rotatable bonds is 10. The van der Waals surface area contributed by atoms with Crippen LogP contribution in [-0.2, 0) is 27.2 Å². The number of thiocarbonyl (C=S) groups is 1. The number of hydrogen-bond donors (Lipinski definition) is 2. The van der Waals surface area contributed by atoms with Gasteiger partial charge in [-0.15, -0.1) is 11.3 Å². The van der Waals surface area contributed by atoms with Crippen molar-refractivity contribution in [3.8, 4) is 0 Å². The van der Waals surface area contributed by atoms with Crippen LogP contribution < -0.4 is 10.6 Å². The third-order valence-electron chi connectivity index (χ3n) is 5.20. The van der Waals surface area contributed by atoms with Crippen LogP contribution in [0.1, 0.15) is 44.6 Å². The van der Waals surface area contributed by atoms with E-state index in [1.165, 1.54) is 17.7 Å². The average molecular weight is 560 g/mol.